The van der Waals surface area contributed by atoms with Crippen molar-refractivity contribution in [3.05, 3.63) is 36.3 Å². The number of pyridine rings is 1. The average molecular weight is 246 g/mol. The Hall–Kier alpha value is -2.37. The third-order valence-corrected chi connectivity index (χ3v) is 2.41. The number of rotatable bonds is 4. The summed E-state index contributed by atoms with van der Waals surface area (Å²) < 4.78 is 6.45. The number of nitrogens with one attached hydrogen (secondary N) is 1. The van der Waals surface area contributed by atoms with Crippen LogP contribution in [0.2, 0.25) is 0 Å². The van der Waals surface area contributed by atoms with E-state index in [2.05, 4.69) is 20.1 Å². The molecule has 2 aromatic rings. The molecule has 6 heteroatoms. The zero-order valence-electron chi connectivity index (χ0n) is 10.3. The molecule has 0 aliphatic heterocycles. The van der Waals surface area contributed by atoms with Gasteiger partial charge in [-0.2, -0.15) is 5.10 Å². The van der Waals surface area contributed by atoms with Gasteiger partial charge < -0.3 is 10.1 Å². The summed E-state index contributed by atoms with van der Waals surface area (Å²) in [6.07, 6.45) is 5.13. The summed E-state index contributed by atoms with van der Waals surface area (Å²) in [5.41, 5.74) is 1.28. The minimum Gasteiger partial charge on any atom is -0.465 e. The molecule has 0 bridgehead atoms. The van der Waals surface area contributed by atoms with E-state index in [1.807, 2.05) is 13.1 Å². The van der Waals surface area contributed by atoms with Crippen LogP contribution in [0.25, 0.3) is 0 Å². The fourth-order valence-electron chi connectivity index (χ4n) is 1.49. The Labute approximate surface area is 105 Å². The van der Waals surface area contributed by atoms with Crippen LogP contribution in [0.3, 0.4) is 0 Å². The van der Waals surface area contributed by atoms with E-state index in [0.717, 1.165) is 12.2 Å². The highest BCUT2D eigenvalue weighted by Gasteiger charge is 2.07. The van der Waals surface area contributed by atoms with Crippen LogP contribution in [0.5, 0.6) is 0 Å². The molecule has 0 atom stereocenters. The van der Waals surface area contributed by atoms with Gasteiger partial charge in [0.05, 0.1) is 24.6 Å². The van der Waals surface area contributed by atoms with E-state index in [-0.39, 0.29) is 5.97 Å². The molecule has 0 aromatic carbocycles. The fraction of sp³-hybridized carbons (Fsp3) is 0.250. The summed E-state index contributed by atoms with van der Waals surface area (Å²) in [6.45, 7) is 2.81. The molecule has 0 amide bonds. The molecule has 0 radical (unpaired) electrons. The summed E-state index contributed by atoms with van der Waals surface area (Å²) in [6, 6.07) is 3.24. The number of hydrogen-bond acceptors (Lipinski definition) is 5. The van der Waals surface area contributed by atoms with Gasteiger partial charge in [0, 0.05) is 18.9 Å². The molecule has 0 fully saturated rings. The molecule has 0 unspecified atom stereocenters. The highest BCUT2D eigenvalue weighted by atomic mass is 16.5. The van der Waals surface area contributed by atoms with Gasteiger partial charge in [0.1, 0.15) is 5.82 Å². The van der Waals surface area contributed by atoms with Gasteiger partial charge in [0.15, 0.2) is 0 Å². The van der Waals surface area contributed by atoms with Gasteiger partial charge in [0.2, 0.25) is 0 Å². The molecule has 0 saturated heterocycles. The first kappa shape index (κ1) is 12.1. The summed E-state index contributed by atoms with van der Waals surface area (Å²) in [7, 11) is 1.35. The van der Waals surface area contributed by atoms with Crippen LogP contribution in [0.4, 0.5) is 11.5 Å². The number of ether oxygens (including phenoxy) is 1. The average Bonchev–Trinajstić information content (AvgIpc) is 2.86. The van der Waals surface area contributed by atoms with E-state index in [1.165, 1.54) is 7.11 Å². The maximum absolute atomic E-state index is 11.4. The predicted octanol–water partition coefficient (Wildman–Crippen LogP) is 1.83. The maximum Gasteiger partial charge on any atom is 0.338 e. The molecule has 0 saturated carbocycles. The normalized spacial score (nSPS) is 10.1. The third kappa shape index (κ3) is 2.65. The van der Waals surface area contributed by atoms with Crippen LogP contribution in [-0.4, -0.2) is 27.8 Å². The van der Waals surface area contributed by atoms with Crippen molar-refractivity contribution in [1.82, 2.24) is 14.8 Å². The Morgan fingerprint density at radius 2 is 2.39 bits per heavy atom. The molecule has 6 nitrogen and oxygen atoms in total. The highest BCUT2D eigenvalue weighted by molar-refractivity contribution is 5.90. The van der Waals surface area contributed by atoms with Gasteiger partial charge in [0.25, 0.3) is 0 Å². The zero-order chi connectivity index (χ0) is 13.0. The van der Waals surface area contributed by atoms with Crippen LogP contribution in [0, 0.1) is 0 Å². The van der Waals surface area contributed by atoms with E-state index >= 15 is 0 Å². The van der Waals surface area contributed by atoms with E-state index < -0.39 is 0 Å². The van der Waals surface area contributed by atoms with Gasteiger partial charge in [-0.1, -0.05) is 0 Å². The number of carbonyl (C=O) groups is 1. The van der Waals surface area contributed by atoms with Gasteiger partial charge in [-0.25, -0.2) is 9.78 Å². The predicted molar refractivity (Wildman–Crippen MR) is 66.8 cm³/mol. The lowest BCUT2D eigenvalue weighted by molar-refractivity contribution is 0.0600. The fourth-order valence-corrected chi connectivity index (χ4v) is 1.49. The Bertz CT molecular complexity index is 551. The van der Waals surface area contributed by atoms with Crippen LogP contribution >= 0.6 is 0 Å². The lowest BCUT2D eigenvalue weighted by atomic mass is 10.2. The van der Waals surface area contributed by atoms with E-state index in [1.54, 1.807) is 29.2 Å². The molecule has 0 aliphatic carbocycles. The topological polar surface area (TPSA) is 69.0 Å². The van der Waals surface area contributed by atoms with Gasteiger partial charge >= 0.3 is 5.97 Å². The van der Waals surface area contributed by atoms with Crippen molar-refractivity contribution in [2.24, 2.45) is 0 Å². The van der Waals surface area contributed by atoms with Gasteiger partial charge in [-0.15, -0.1) is 0 Å². The molecule has 1 N–H and O–H groups in total. The number of carbonyl (C=O) groups excluding carboxylic acids is 1. The van der Waals surface area contributed by atoms with Crippen LogP contribution in [-0.2, 0) is 11.3 Å². The maximum atomic E-state index is 11.4. The van der Waals surface area contributed by atoms with Crippen molar-refractivity contribution in [1.29, 1.82) is 0 Å². The molecular formula is C12H14N4O2. The van der Waals surface area contributed by atoms with E-state index in [0.29, 0.717) is 11.4 Å². The summed E-state index contributed by atoms with van der Waals surface area (Å²) in [5.74, 6) is 0.193. The Morgan fingerprint density at radius 1 is 1.56 bits per heavy atom. The summed E-state index contributed by atoms with van der Waals surface area (Å²) in [4.78, 5) is 15.5. The molecule has 0 spiro atoms. The SMILES string of the molecule is CCn1cc(Nc2cc(C(=O)OC)ccn2)cn1. The Kier molecular flexibility index (Phi) is 3.57. The second-order valence-corrected chi connectivity index (χ2v) is 3.63. The van der Waals surface area contributed by atoms with E-state index in [4.69, 9.17) is 0 Å². The number of hydrogen-bond donors (Lipinski definition) is 1. The molecule has 2 rings (SSSR count). The largest absolute Gasteiger partial charge is 0.465 e. The number of esters is 1. The van der Waals surface area contributed by atoms with E-state index in [9.17, 15) is 4.79 Å². The number of aryl methyl sites for hydroxylation is 1. The van der Waals surface area contributed by atoms with Crippen molar-refractivity contribution < 1.29 is 9.53 Å². The highest BCUT2D eigenvalue weighted by Crippen LogP contribution is 2.14. The Morgan fingerprint density at radius 3 is 3.06 bits per heavy atom. The second-order valence-electron chi connectivity index (χ2n) is 3.63. The minimum absolute atomic E-state index is 0.385. The zero-order valence-corrected chi connectivity index (χ0v) is 10.3. The minimum atomic E-state index is -0.385. The van der Waals surface area contributed by atoms with Crippen LogP contribution < -0.4 is 5.32 Å². The van der Waals surface area contributed by atoms with Crippen molar-refractivity contribution in [2.45, 2.75) is 13.5 Å². The lowest BCUT2D eigenvalue weighted by Crippen LogP contribution is -2.02. The molecule has 0 aliphatic rings. The number of aromatic nitrogens is 3. The molecule has 18 heavy (non-hydrogen) atoms. The smallest absolute Gasteiger partial charge is 0.338 e. The van der Waals surface area contributed by atoms with Gasteiger partial charge in [-0.05, 0) is 19.1 Å². The van der Waals surface area contributed by atoms with Crippen molar-refractivity contribution in [3.8, 4) is 0 Å². The number of nitrogens with zero attached hydrogens (tertiary/aromatic N) is 3. The van der Waals surface area contributed by atoms with Crippen molar-refractivity contribution in [3.63, 3.8) is 0 Å². The molecule has 94 valence electrons. The quantitative estimate of drug-likeness (QED) is 0.833. The second kappa shape index (κ2) is 5.31. The Balaban J connectivity index is 2.16. The third-order valence-electron chi connectivity index (χ3n) is 2.41. The first-order valence-corrected chi connectivity index (χ1v) is 5.56. The van der Waals surface area contributed by atoms with Gasteiger partial charge in [-0.3, -0.25) is 4.68 Å². The molecule has 2 aromatic heterocycles. The molecular weight excluding hydrogens is 232 g/mol. The first-order chi connectivity index (χ1) is 8.72. The summed E-state index contributed by atoms with van der Waals surface area (Å²) in [5, 5.41) is 7.22. The lowest BCUT2D eigenvalue weighted by Gasteiger charge is -2.04. The standard InChI is InChI=1S/C12H14N4O2/c1-3-16-8-10(7-14-16)15-11-6-9(4-5-13-11)12(17)18-2/h4-8H,3H2,1-2H3,(H,13,15). The summed E-state index contributed by atoms with van der Waals surface area (Å²) >= 11 is 0. The number of anilines is 2. The first-order valence-electron chi connectivity index (χ1n) is 5.56. The van der Waals surface area contributed by atoms with Crippen molar-refractivity contribution >= 4 is 17.5 Å². The van der Waals surface area contributed by atoms with Crippen molar-refractivity contribution in [2.75, 3.05) is 12.4 Å². The van der Waals surface area contributed by atoms with Crippen LogP contribution in [0.1, 0.15) is 17.3 Å². The monoisotopic (exact) mass is 246 g/mol. The molecule has 2 heterocycles. The van der Waals surface area contributed by atoms with Crippen LogP contribution in [0.15, 0.2) is 30.7 Å². The number of methoxy groups -OCH3 is 1.